The molecule has 92 valence electrons. The van der Waals surface area contributed by atoms with E-state index in [1.165, 1.54) is 0 Å². The van der Waals surface area contributed by atoms with Crippen molar-refractivity contribution in [1.29, 1.82) is 0 Å². The summed E-state index contributed by atoms with van der Waals surface area (Å²) in [4.78, 5) is 29.1. The van der Waals surface area contributed by atoms with Crippen LogP contribution in [0.5, 0.6) is 0 Å². The molecule has 1 heterocycles. The van der Waals surface area contributed by atoms with Gasteiger partial charge < -0.3 is 15.8 Å². The molecule has 6 nitrogen and oxygen atoms in total. The van der Waals surface area contributed by atoms with Crippen LogP contribution in [0.4, 0.5) is 5.82 Å². The van der Waals surface area contributed by atoms with Gasteiger partial charge in [-0.25, -0.2) is 4.98 Å². The van der Waals surface area contributed by atoms with Crippen LogP contribution >= 0.6 is 0 Å². The highest BCUT2D eigenvalue weighted by atomic mass is 16.4. The summed E-state index contributed by atoms with van der Waals surface area (Å²) in [7, 11) is 0. The topological polar surface area (TPSA) is 109 Å². The number of H-pyrrole nitrogens is 1. The first-order valence-corrected chi connectivity index (χ1v) is 5.68. The number of hydrogen-bond donors (Lipinski definition) is 3. The summed E-state index contributed by atoms with van der Waals surface area (Å²) < 4.78 is 0. The monoisotopic (exact) mass is 237 g/mol. The average molecular weight is 237 g/mol. The van der Waals surface area contributed by atoms with E-state index in [-0.39, 0.29) is 23.7 Å². The molecule has 17 heavy (non-hydrogen) atoms. The summed E-state index contributed by atoms with van der Waals surface area (Å²) >= 11 is 0. The van der Waals surface area contributed by atoms with Gasteiger partial charge in [-0.05, 0) is 12.8 Å². The van der Waals surface area contributed by atoms with Gasteiger partial charge in [0.15, 0.2) is 0 Å². The summed E-state index contributed by atoms with van der Waals surface area (Å²) in [6, 6.07) is 0. The van der Waals surface area contributed by atoms with Crippen LogP contribution in [0.15, 0.2) is 4.79 Å². The van der Waals surface area contributed by atoms with Gasteiger partial charge in [0.05, 0.1) is 12.0 Å². The number of nitrogens with two attached hydrogens (primary N) is 1. The van der Waals surface area contributed by atoms with Gasteiger partial charge in [0.25, 0.3) is 5.56 Å². The number of carboxylic acid groups (broad SMARTS) is 1. The fourth-order valence-corrected chi connectivity index (χ4v) is 2.25. The van der Waals surface area contributed by atoms with E-state index in [9.17, 15) is 9.59 Å². The van der Waals surface area contributed by atoms with Gasteiger partial charge in [-0.15, -0.1) is 0 Å². The normalized spacial score (nSPS) is 16.2. The van der Waals surface area contributed by atoms with Crippen LogP contribution in [0.1, 0.15) is 43.0 Å². The lowest BCUT2D eigenvalue weighted by Crippen LogP contribution is -2.23. The Morgan fingerprint density at radius 2 is 2.12 bits per heavy atom. The number of nitrogen functional groups attached to an aromatic ring is 1. The van der Waals surface area contributed by atoms with E-state index < -0.39 is 11.5 Å². The van der Waals surface area contributed by atoms with E-state index in [1.807, 2.05) is 0 Å². The zero-order chi connectivity index (χ0) is 12.4. The summed E-state index contributed by atoms with van der Waals surface area (Å²) in [5.74, 6) is -0.196. The maximum absolute atomic E-state index is 11.7. The van der Waals surface area contributed by atoms with Crippen molar-refractivity contribution in [3.63, 3.8) is 0 Å². The Kier molecular flexibility index (Phi) is 3.12. The Bertz CT molecular complexity index is 489. The van der Waals surface area contributed by atoms with Crippen LogP contribution < -0.4 is 11.3 Å². The first kappa shape index (κ1) is 11.6. The molecule has 4 N–H and O–H groups in total. The molecule has 0 aromatic carbocycles. The number of rotatable bonds is 3. The summed E-state index contributed by atoms with van der Waals surface area (Å²) in [6.07, 6.45) is 3.87. The van der Waals surface area contributed by atoms with E-state index in [4.69, 9.17) is 10.8 Å². The van der Waals surface area contributed by atoms with Crippen LogP contribution in [-0.4, -0.2) is 21.0 Å². The molecule has 1 aliphatic carbocycles. The number of aromatic nitrogens is 2. The molecular formula is C11H15N3O3. The highest BCUT2D eigenvalue weighted by Gasteiger charge is 2.21. The number of anilines is 1. The third-order valence-corrected chi connectivity index (χ3v) is 3.14. The lowest BCUT2D eigenvalue weighted by Gasteiger charge is -2.10. The van der Waals surface area contributed by atoms with E-state index in [0.29, 0.717) is 5.82 Å². The van der Waals surface area contributed by atoms with E-state index in [2.05, 4.69) is 9.97 Å². The maximum atomic E-state index is 11.7. The van der Waals surface area contributed by atoms with Gasteiger partial charge in [0.1, 0.15) is 11.6 Å². The Balaban J connectivity index is 2.34. The zero-order valence-electron chi connectivity index (χ0n) is 9.40. The van der Waals surface area contributed by atoms with Crippen molar-refractivity contribution in [2.24, 2.45) is 0 Å². The number of aromatic amines is 1. The fourth-order valence-electron chi connectivity index (χ4n) is 2.25. The highest BCUT2D eigenvalue weighted by molar-refractivity contribution is 5.71. The minimum absolute atomic E-state index is 0.0399. The molecule has 0 amide bonds. The molecule has 1 aliphatic rings. The van der Waals surface area contributed by atoms with Gasteiger partial charge in [0, 0.05) is 5.92 Å². The average Bonchev–Trinajstić information content (AvgIpc) is 2.76. The quantitative estimate of drug-likeness (QED) is 0.714. The predicted molar refractivity (Wildman–Crippen MR) is 61.8 cm³/mol. The van der Waals surface area contributed by atoms with Crippen LogP contribution in [0, 0.1) is 0 Å². The largest absolute Gasteiger partial charge is 0.481 e. The van der Waals surface area contributed by atoms with Crippen LogP contribution in [-0.2, 0) is 11.2 Å². The van der Waals surface area contributed by atoms with Gasteiger partial charge in [0.2, 0.25) is 0 Å². The van der Waals surface area contributed by atoms with Crippen LogP contribution in [0.25, 0.3) is 0 Å². The van der Waals surface area contributed by atoms with Crippen molar-refractivity contribution < 1.29 is 9.90 Å². The first-order chi connectivity index (χ1) is 8.08. The molecule has 0 bridgehead atoms. The fraction of sp³-hybridized carbons (Fsp3) is 0.545. The van der Waals surface area contributed by atoms with Gasteiger partial charge >= 0.3 is 5.97 Å². The zero-order valence-corrected chi connectivity index (χ0v) is 9.40. The third kappa shape index (κ3) is 2.46. The molecule has 0 saturated heterocycles. The number of aliphatic carboxylic acids is 1. The van der Waals surface area contributed by atoms with Crippen molar-refractivity contribution in [3.8, 4) is 0 Å². The molecular weight excluding hydrogens is 222 g/mol. The molecule has 2 rings (SSSR count). The number of carbonyl (C=O) groups is 1. The Hall–Kier alpha value is -1.85. The minimum Gasteiger partial charge on any atom is -0.481 e. The summed E-state index contributed by atoms with van der Waals surface area (Å²) in [6.45, 7) is 0. The molecule has 1 fully saturated rings. The smallest absolute Gasteiger partial charge is 0.308 e. The number of nitrogens with zero attached hydrogens (tertiary/aromatic N) is 1. The molecule has 0 atom stereocenters. The highest BCUT2D eigenvalue weighted by Crippen LogP contribution is 2.31. The van der Waals surface area contributed by atoms with Crippen molar-refractivity contribution >= 4 is 11.8 Å². The SMILES string of the molecule is Nc1nc(C2CCCC2)[nH]c(=O)c1CC(=O)O. The molecule has 0 unspecified atom stereocenters. The van der Waals surface area contributed by atoms with E-state index in [1.54, 1.807) is 0 Å². The number of hydrogen-bond acceptors (Lipinski definition) is 4. The predicted octanol–water partition coefficient (Wildman–Crippen LogP) is 0.637. The lowest BCUT2D eigenvalue weighted by molar-refractivity contribution is -0.136. The number of carboxylic acids is 1. The van der Waals surface area contributed by atoms with Gasteiger partial charge in [-0.2, -0.15) is 0 Å². The second-order valence-electron chi connectivity index (χ2n) is 4.37. The first-order valence-electron chi connectivity index (χ1n) is 5.68. The summed E-state index contributed by atoms with van der Waals surface area (Å²) in [5.41, 5.74) is 5.26. The van der Waals surface area contributed by atoms with Crippen LogP contribution in [0.3, 0.4) is 0 Å². The van der Waals surface area contributed by atoms with Crippen LogP contribution in [0.2, 0.25) is 0 Å². The molecule has 0 spiro atoms. The second-order valence-corrected chi connectivity index (χ2v) is 4.37. The van der Waals surface area contributed by atoms with E-state index in [0.717, 1.165) is 25.7 Å². The third-order valence-electron chi connectivity index (χ3n) is 3.14. The lowest BCUT2D eigenvalue weighted by atomic mass is 10.1. The van der Waals surface area contributed by atoms with Crippen molar-refractivity contribution in [3.05, 3.63) is 21.7 Å². The Morgan fingerprint density at radius 3 is 2.65 bits per heavy atom. The van der Waals surface area contributed by atoms with E-state index >= 15 is 0 Å². The molecule has 0 aliphatic heterocycles. The van der Waals surface area contributed by atoms with Crippen molar-refractivity contribution in [2.45, 2.75) is 38.0 Å². The minimum atomic E-state index is -1.09. The van der Waals surface area contributed by atoms with Crippen molar-refractivity contribution in [2.75, 3.05) is 5.73 Å². The molecule has 1 saturated carbocycles. The summed E-state index contributed by atoms with van der Waals surface area (Å²) in [5, 5.41) is 8.66. The number of nitrogens with one attached hydrogen (secondary N) is 1. The Labute approximate surface area is 97.9 Å². The Morgan fingerprint density at radius 1 is 1.47 bits per heavy atom. The molecule has 1 aromatic rings. The second kappa shape index (κ2) is 4.57. The molecule has 6 heteroatoms. The molecule has 1 aromatic heterocycles. The maximum Gasteiger partial charge on any atom is 0.308 e. The molecule has 0 radical (unpaired) electrons. The van der Waals surface area contributed by atoms with Crippen molar-refractivity contribution in [1.82, 2.24) is 9.97 Å². The standard InChI is InChI=1S/C11H15N3O3/c12-9-7(5-8(15)16)11(17)14-10(13-9)6-3-1-2-4-6/h6H,1-5H2,(H,15,16)(H3,12,13,14,17). The van der Waals surface area contributed by atoms with Gasteiger partial charge in [-0.3, -0.25) is 9.59 Å². The van der Waals surface area contributed by atoms with Gasteiger partial charge in [-0.1, -0.05) is 12.8 Å².